The van der Waals surface area contributed by atoms with Crippen molar-refractivity contribution in [3.8, 4) is 5.75 Å². The third kappa shape index (κ3) is 3.93. The number of furan rings is 1. The maximum absolute atomic E-state index is 5.61. The van der Waals surface area contributed by atoms with E-state index in [0.717, 1.165) is 37.4 Å². The Kier molecular flexibility index (Phi) is 4.85. The van der Waals surface area contributed by atoms with E-state index in [0.29, 0.717) is 0 Å². The number of hydrogen-bond acceptors (Lipinski definition) is 3. The van der Waals surface area contributed by atoms with E-state index in [9.17, 15) is 0 Å². The van der Waals surface area contributed by atoms with Gasteiger partial charge in [0.25, 0.3) is 0 Å². The molecule has 0 bridgehead atoms. The van der Waals surface area contributed by atoms with Crippen LogP contribution < -0.4 is 10.1 Å². The lowest BCUT2D eigenvalue weighted by Gasteiger charge is -2.07. The molecular formula is C15H19NO2. The van der Waals surface area contributed by atoms with Crippen molar-refractivity contribution in [2.24, 2.45) is 0 Å². The lowest BCUT2D eigenvalue weighted by Crippen LogP contribution is -2.12. The Labute approximate surface area is 108 Å². The third-order valence-corrected chi connectivity index (χ3v) is 2.61. The third-order valence-electron chi connectivity index (χ3n) is 2.61. The molecule has 0 saturated heterocycles. The highest BCUT2D eigenvalue weighted by molar-refractivity contribution is 5.28. The van der Waals surface area contributed by atoms with Gasteiger partial charge in [0, 0.05) is 18.7 Å². The van der Waals surface area contributed by atoms with Crippen LogP contribution in [0.15, 0.2) is 47.3 Å². The van der Waals surface area contributed by atoms with Crippen LogP contribution in [0.25, 0.3) is 0 Å². The van der Waals surface area contributed by atoms with Crippen LogP contribution in [0.1, 0.15) is 24.5 Å². The molecule has 0 unspecified atom stereocenters. The van der Waals surface area contributed by atoms with E-state index in [4.69, 9.17) is 9.15 Å². The molecule has 1 heterocycles. The Hall–Kier alpha value is -1.74. The monoisotopic (exact) mass is 245 g/mol. The molecule has 0 aliphatic carbocycles. The number of ether oxygens (including phenoxy) is 1. The van der Waals surface area contributed by atoms with Crippen LogP contribution >= 0.6 is 0 Å². The fourth-order valence-corrected chi connectivity index (χ4v) is 1.71. The van der Waals surface area contributed by atoms with Crippen LogP contribution in [0.2, 0.25) is 0 Å². The first-order valence-corrected chi connectivity index (χ1v) is 6.32. The zero-order valence-electron chi connectivity index (χ0n) is 10.7. The number of hydrogen-bond donors (Lipinski definition) is 1. The van der Waals surface area contributed by atoms with Crippen LogP contribution in [0.4, 0.5) is 0 Å². The van der Waals surface area contributed by atoms with E-state index in [-0.39, 0.29) is 0 Å². The topological polar surface area (TPSA) is 34.4 Å². The molecule has 0 aliphatic rings. The summed E-state index contributed by atoms with van der Waals surface area (Å²) in [7, 11) is 0. The molecule has 1 aromatic carbocycles. The Balaban J connectivity index is 1.81. The van der Waals surface area contributed by atoms with E-state index >= 15 is 0 Å². The molecule has 0 aliphatic heterocycles. The molecule has 1 aromatic heterocycles. The van der Waals surface area contributed by atoms with Gasteiger partial charge in [0.15, 0.2) is 0 Å². The van der Waals surface area contributed by atoms with Gasteiger partial charge in [0.05, 0.1) is 19.1 Å². The van der Waals surface area contributed by atoms with Crippen molar-refractivity contribution in [3.63, 3.8) is 0 Å². The number of benzene rings is 1. The predicted molar refractivity (Wildman–Crippen MR) is 71.5 cm³/mol. The van der Waals surface area contributed by atoms with Crippen molar-refractivity contribution < 1.29 is 9.15 Å². The van der Waals surface area contributed by atoms with Crippen LogP contribution in [0.5, 0.6) is 5.75 Å². The Morgan fingerprint density at radius 1 is 1.17 bits per heavy atom. The molecule has 2 aromatic rings. The highest BCUT2D eigenvalue weighted by Crippen LogP contribution is 2.13. The van der Waals surface area contributed by atoms with Gasteiger partial charge in [0.2, 0.25) is 0 Å². The molecule has 3 nitrogen and oxygen atoms in total. The molecular weight excluding hydrogens is 226 g/mol. The molecule has 0 spiro atoms. The Bertz CT molecular complexity index is 451. The molecule has 2 rings (SSSR count). The molecule has 1 N–H and O–H groups in total. The largest absolute Gasteiger partial charge is 0.494 e. The average molecular weight is 245 g/mol. The first kappa shape index (κ1) is 12.7. The SMILES string of the molecule is CCCOc1cccc(CNCc2ccoc2)c1. The number of nitrogens with one attached hydrogen (secondary N) is 1. The van der Waals surface area contributed by atoms with Gasteiger partial charge in [0.1, 0.15) is 5.75 Å². The summed E-state index contributed by atoms with van der Waals surface area (Å²) in [5, 5.41) is 3.37. The first-order chi connectivity index (χ1) is 8.88. The predicted octanol–water partition coefficient (Wildman–Crippen LogP) is 3.36. The minimum atomic E-state index is 0.770. The number of rotatable bonds is 7. The quantitative estimate of drug-likeness (QED) is 0.812. The van der Waals surface area contributed by atoms with Gasteiger partial charge in [-0.25, -0.2) is 0 Å². The van der Waals surface area contributed by atoms with E-state index in [2.05, 4.69) is 24.4 Å². The van der Waals surface area contributed by atoms with Crippen molar-refractivity contribution in [1.29, 1.82) is 0 Å². The smallest absolute Gasteiger partial charge is 0.119 e. The van der Waals surface area contributed by atoms with Crippen LogP contribution in [0, 0.1) is 0 Å². The molecule has 0 fully saturated rings. The minimum absolute atomic E-state index is 0.770. The molecule has 0 amide bonds. The Morgan fingerprint density at radius 2 is 2.06 bits per heavy atom. The molecule has 18 heavy (non-hydrogen) atoms. The lowest BCUT2D eigenvalue weighted by molar-refractivity contribution is 0.317. The average Bonchev–Trinajstić information content (AvgIpc) is 2.90. The van der Waals surface area contributed by atoms with E-state index in [1.165, 1.54) is 5.56 Å². The second-order valence-corrected chi connectivity index (χ2v) is 4.23. The van der Waals surface area contributed by atoms with Crippen molar-refractivity contribution in [2.45, 2.75) is 26.4 Å². The minimum Gasteiger partial charge on any atom is -0.494 e. The zero-order valence-corrected chi connectivity index (χ0v) is 10.7. The standard InChI is InChI=1S/C15H19NO2/c1-2-7-18-15-5-3-4-13(9-15)10-16-11-14-6-8-17-12-14/h3-6,8-9,12,16H,2,7,10-11H2,1H3. The van der Waals surface area contributed by atoms with Crippen molar-refractivity contribution in [1.82, 2.24) is 5.32 Å². The fraction of sp³-hybridized carbons (Fsp3) is 0.333. The van der Waals surface area contributed by atoms with Crippen LogP contribution in [-0.4, -0.2) is 6.61 Å². The summed E-state index contributed by atoms with van der Waals surface area (Å²) in [5.41, 5.74) is 2.39. The second-order valence-electron chi connectivity index (χ2n) is 4.23. The Morgan fingerprint density at radius 3 is 2.83 bits per heavy atom. The van der Waals surface area contributed by atoms with Crippen LogP contribution in [-0.2, 0) is 13.1 Å². The van der Waals surface area contributed by atoms with Gasteiger partial charge in [-0.2, -0.15) is 0 Å². The lowest BCUT2D eigenvalue weighted by atomic mass is 10.2. The van der Waals surface area contributed by atoms with Crippen molar-refractivity contribution in [3.05, 3.63) is 54.0 Å². The maximum Gasteiger partial charge on any atom is 0.119 e. The molecule has 0 atom stereocenters. The van der Waals surface area contributed by atoms with Gasteiger partial charge < -0.3 is 14.5 Å². The van der Waals surface area contributed by atoms with Gasteiger partial charge >= 0.3 is 0 Å². The van der Waals surface area contributed by atoms with Crippen LogP contribution in [0.3, 0.4) is 0 Å². The highest BCUT2D eigenvalue weighted by Gasteiger charge is 1.98. The highest BCUT2D eigenvalue weighted by atomic mass is 16.5. The second kappa shape index (κ2) is 6.87. The molecule has 0 radical (unpaired) electrons. The summed E-state index contributed by atoms with van der Waals surface area (Å²) in [4.78, 5) is 0. The van der Waals surface area contributed by atoms with E-state index in [1.807, 2.05) is 18.2 Å². The summed E-state index contributed by atoms with van der Waals surface area (Å²) >= 11 is 0. The molecule has 0 saturated carbocycles. The normalized spacial score (nSPS) is 10.5. The summed E-state index contributed by atoms with van der Waals surface area (Å²) < 4.78 is 10.6. The fourth-order valence-electron chi connectivity index (χ4n) is 1.71. The molecule has 3 heteroatoms. The van der Waals surface area contributed by atoms with Crippen molar-refractivity contribution >= 4 is 0 Å². The summed E-state index contributed by atoms with van der Waals surface area (Å²) in [5.74, 6) is 0.944. The van der Waals surface area contributed by atoms with E-state index < -0.39 is 0 Å². The zero-order chi connectivity index (χ0) is 12.6. The molecule has 96 valence electrons. The summed E-state index contributed by atoms with van der Waals surface area (Å²) in [6.45, 7) is 4.52. The van der Waals surface area contributed by atoms with Gasteiger partial charge in [-0.3, -0.25) is 0 Å². The summed E-state index contributed by atoms with van der Waals surface area (Å²) in [6.07, 6.45) is 4.48. The van der Waals surface area contributed by atoms with Gasteiger partial charge in [-0.1, -0.05) is 19.1 Å². The summed E-state index contributed by atoms with van der Waals surface area (Å²) in [6, 6.07) is 10.2. The van der Waals surface area contributed by atoms with Gasteiger partial charge in [-0.15, -0.1) is 0 Å². The van der Waals surface area contributed by atoms with E-state index in [1.54, 1.807) is 12.5 Å². The maximum atomic E-state index is 5.61. The first-order valence-electron chi connectivity index (χ1n) is 6.32. The van der Waals surface area contributed by atoms with Gasteiger partial charge in [-0.05, 0) is 30.2 Å². The van der Waals surface area contributed by atoms with Crippen molar-refractivity contribution in [2.75, 3.05) is 6.61 Å².